The fourth-order valence-corrected chi connectivity index (χ4v) is 2.35. The Kier molecular flexibility index (Phi) is 11.8. The van der Waals surface area contributed by atoms with Gasteiger partial charge < -0.3 is 19.3 Å². The molecule has 1 unspecified atom stereocenters. The SMILES string of the molecule is CC(C)CCCC(=O)N(C(=O)OC(C)(C)C)C(CC(=O)O)C(=O)OCOC(=O)C(C)C. The highest BCUT2D eigenvalue weighted by Crippen LogP contribution is 2.18. The number of ether oxygens (including phenoxy) is 3. The predicted octanol–water partition coefficient (Wildman–Crippen LogP) is 3.12. The molecule has 0 rings (SSSR count). The van der Waals surface area contributed by atoms with Gasteiger partial charge in [-0.1, -0.05) is 34.1 Å². The lowest BCUT2D eigenvalue weighted by Crippen LogP contribution is -2.51. The second kappa shape index (κ2) is 12.9. The van der Waals surface area contributed by atoms with Gasteiger partial charge >= 0.3 is 24.0 Å². The van der Waals surface area contributed by atoms with Crippen molar-refractivity contribution in [1.82, 2.24) is 4.90 Å². The van der Waals surface area contributed by atoms with Crippen LogP contribution < -0.4 is 0 Å². The summed E-state index contributed by atoms with van der Waals surface area (Å²) in [5, 5.41) is 9.23. The third-order valence-electron chi connectivity index (χ3n) is 3.86. The molecule has 0 aromatic rings. The molecule has 1 atom stereocenters. The molecule has 0 spiro atoms. The summed E-state index contributed by atoms with van der Waals surface area (Å²) in [5.74, 6) is -4.15. The molecule has 0 fully saturated rings. The Morgan fingerprint density at radius 2 is 1.48 bits per heavy atom. The van der Waals surface area contributed by atoms with Crippen LogP contribution in [0.2, 0.25) is 0 Å². The smallest absolute Gasteiger partial charge is 0.417 e. The summed E-state index contributed by atoms with van der Waals surface area (Å²) >= 11 is 0. The number of esters is 2. The quantitative estimate of drug-likeness (QED) is 0.375. The van der Waals surface area contributed by atoms with Crippen LogP contribution in [0.15, 0.2) is 0 Å². The summed E-state index contributed by atoms with van der Waals surface area (Å²) in [5.41, 5.74) is -0.988. The zero-order valence-electron chi connectivity index (χ0n) is 19.4. The minimum Gasteiger partial charge on any atom is -0.481 e. The maximum atomic E-state index is 12.8. The van der Waals surface area contributed by atoms with Crippen molar-refractivity contribution >= 4 is 29.9 Å². The lowest BCUT2D eigenvalue weighted by Gasteiger charge is -2.30. The molecule has 0 radical (unpaired) electrons. The van der Waals surface area contributed by atoms with E-state index in [0.29, 0.717) is 23.7 Å². The normalized spacial score (nSPS) is 12.3. The van der Waals surface area contributed by atoms with E-state index in [0.717, 1.165) is 0 Å². The third kappa shape index (κ3) is 12.0. The van der Waals surface area contributed by atoms with Gasteiger partial charge in [0.1, 0.15) is 5.60 Å². The van der Waals surface area contributed by atoms with E-state index in [1.807, 2.05) is 13.8 Å². The van der Waals surface area contributed by atoms with Crippen LogP contribution in [0, 0.1) is 11.8 Å². The molecule has 2 amide bonds. The minimum absolute atomic E-state index is 0.0802. The number of carbonyl (C=O) groups is 5. The van der Waals surface area contributed by atoms with Crippen LogP contribution in [0.3, 0.4) is 0 Å². The zero-order valence-corrected chi connectivity index (χ0v) is 19.4. The monoisotopic (exact) mass is 445 g/mol. The Balaban J connectivity index is 5.63. The van der Waals surface area contributed by atoms with E-state index in [1.54, 1.807) is 34.6 Å². The van der Waals surface area contributed by atoms with Crippen LogP contribution in [0.5, 0.6) is 0 Å². The molecule has 10 nitrogen and oxygen atoms in total. The number of imide groups is 1. The Hall–Kier alpha value is -2.65. The van der Waals surface area contributed by atoms with Crippen molar-refractivity contribution in [2.75, 3.05) is 6.79 Å². The van der Waals surface area contributed by atoms with E-state index in [1.165, 1.54) is 0 Å². The van der Waals surface area contributed by atoms with Crippen LogP contribution in [0.25, 0.3) is 0 Å². The highest BCUT2D eigenvalue weighted by Gasteiger charge is 2.39. The number of hydrogen-bond acceptors (Lipinski definition) is 8. The highest BCUT2D eigenvalue weighted by molar-refractivity contribution is 5.98. The van der Waals surface area contributed by atoms with Crippen LogP contribution in [-0.4, -0.2) is 58.4 Å². The number of rotatable bonds is 11. The van der Waals surface area contributed by atoms with Gasteiger partial charge in [-0.2, -0.15) is 0 Å². The number of nitrogens with zero attached hydrogens (tertiary/aromatic N) is 1. The number of hydrogen-bond donors (Lipinski definition) is 1. The summed E-state index contributed by atoms with van der Waals surface area (Å²) in [4.78, 5) is 61.4. The summed E-state index contributed by atoms with van der Waals surface area (Å²) in [6.45, 7) is 11.1. The van der Waals surface area contributed by atoms with Gasteiger partial charge in [-0.15, -0.1) is 0 Å². The van der Waals surface area contributed by atoms with E-state index in [9.17, 15) is 29.1 Å². The van der Waals surface area contributed by atoms with Gasteiger partial charge in [-0.3, -0.25) is 14.4 Å². The number of amides is 2. The van der Waals surface area contributed by atoms with E-state index in [4.69, 9.17) is 14.2 Å². The molecule has 0 heterocycles. The molecule has 1 N–H and O–H groups in total. The summed E-state index contributed by atoms with van der Waals surface area (Å²) < 4.78 is 14.8. The maximum absolute atomic E-state index is 12.8. The Labute approximate surface area is 183 Å². The first-order valence-corrected chi connectivity index (χ1v) is 10.3. The topological polar surface area (TPSA) is 137 Å². The maximum Gasteiger partial charge on any atom is 0.417 e. The van der Waals surface area contributed by atoms with E-state index in [-0.39, 0.29) is 6.42 Å². The van der Waals surface area contributed by atoms with Crippen molar-refractivity contribution in [3.8, 4) is 0 Å². The van der Waals surface area contributed by atoms with E-state index >= 15 is 0 Å². The summed E-state index contributed by atoms with van der Waals surface area (Å²) in [7, 11) is 0. The molecular weight excluding hydrogens is 410 g/mol. The van der Waals surface area contributed by atoms with Crippen molar-refractivity contribution in [2.45, 2.75) is 85.8 Å². The molecular formula is C21H35NO9. The fourth-order valence-electron chi connectivity index (χ4n) is 2.35. The first-order valence-electron chi connectivity index (χ1n) is 10.3. The molecule has 0 saturated carbocycles. The lowest BCUT2D eigenvalue weighted by atomic mass is 10.1. The van der Waals surface area contributed by atoms with Crippen LogP contribution in [0.4, 0.5) is 4.79 Å². The molecule has 0 aliphatic carbocycles. The predicted molar refractivity (Wildman–Crippen MR) is 110 cm³/mol. The van der Waals surface area contributed by atoms with Crippen molar-refractivity contribution in [3.63, 3.8) is 0 Å². The van der Waals surface area contributed by atoms with Gasteiger partial charge in [0.15, 0.2) is 6.04 Å². The Morgan fingerprint density at radius 3 is 1.94 bits per heavy atom. The Morgan fingerprint density at radius 1 is 0.935 bits per heavy atom. The number of carbonyl (C=O) groups excluding carboxylic acids is 4. The van der Waals surface area contributed by atoms with Crippen molar-refractivity contribution in [3.05, 3.63) is 0 Å². The first-order chi connectivity index (χ1) is 14.2. The largest absolute Gasteiger partial charge is 0.481 e. The molecule has 0 saturated heterocycles. The first kappa shape index (κ1) is 28.4. The van der Waals surface area contributed by atoms with Gasteiger partial charge in [0, 0.05) is 6.42 Å². The average Bonchev–Trinajstić information content (AvgIpc) is 2.58. The van der Waals surface area contributed by atoms with Crippen molar-refractivity contribution in [2.24, 2.45) is 11.8 Å². The zero-order chi connectivity index (χ0) is 24.4. The van der Waals surface area contributed by atoms with Crippen LogP contribution in [-0.2, 0) is 33.4 Å². The Bertz CT molecular complexity index is 650. The highest BCUT2D eigenvalue weighted by atomic mass is 16.7. The third-order valence-corrected chi connectivity index (χ3v) is 3.86. The van der Waals surface area contributed by atoms with Gasteiger partial charge in [0.05, 0.1) is 12.3 Å². The van der Waals surface area contributed by atoms with Gasteiger partial charge in [0.2, 0.25) is 12.7 Å². The number of aliphatic carboxylic acids is 1. The number of carboxylic acid groups (broad SMARTS) is 1. The molecule has 0 aliphatic heterocycles. The molecule has 0 bridgehead atoms. The standard InChI is InChI=1S/C21H35NO9/c1-13(2)9-8-10-16(23)22(20(28)31-21(5,6)7)15(11-17(24)25)19(27)30-12-29-18(26)14(3)4/h13-15H,8-12H2,1-7H3,(H,24,25). The van der Waals surface area contributed by atoms with Gasteiger partial charge in [0.25, 0.3) is 0 Å². The average molecular weight is 446 g/mol. The second-order valence-corrected chi connectivity index (χ2v) is 8.84. The van der Waals surface area contributed by atoms with E-state index in [2.05, 4.69) is 0 Å². The van der Waals surface area contributed by atoms with Gasteiger partial charge in [-0.25, -0.2) is 14.5 Å². The molecule has 0 aromatic heterocycles. The molecule has 178 valence electrons. The van der Waals surface area contributed by atoms with Crippen molar-refractivity contribution in [1.29, 1.82) is 0 Å². The molecule has 0 aliphatic rings. The van der Waals surface area contributed by atoms with Gasteiger partial charge in [-0.05, 0) is 33.1 Å². The summed E-state index contributed by atoms with van der Waals surface area (Å²) in [6.07, 6.45) is -0.969. The van der Waals surface area contributed by atoms with Crippen molar-refractivity contribution < 1.29 is 43.3 Å². The molecule has 0 aromatic carbocycles. The van der Waals surface area contributed by atoms with Crippen LogP contribution >= 0.6 is 0 Å². The fraction of sp³-hybridized carbons (Fsp3) is 0.762. The molecule has 10 heteroatoms. The lowest BCUT2D eigenvalue weighted by molar-refractivity contribution is -0.175. The molecule has 31 heavy (non-hydrogen) atoms. The number of carboxylic acids is 1. The summed E-state index contributed by atoms with van der Waals surface area (Å²) in [6, 6.07) is -1.77. The van der Waals surface area contributed by atoms with Crippen LogP contribution in [0.1, 0.15) is 74.1 Å². The second-order valence-electron chi connectivity index (χ2n) is 8.84. The minimum atomic E-state index is -1.77. The van der Waals surface area contributed by atoms with E-state index < -0.39 is 60.7 Å².